The number of thiophene rings is 1. The second-order valence-electron chi connectivity index (χ2n) is 6.49. The van der Waals surface area contributed by atoms with Gasteiger partial charge in [-0.15, -0.1) is 11.3 Å². The van der Waals surface area contributed by atoms with E-state index >= 15 is 0 Å². The number of carbonyl (C=O) groups excluding carboxylic acids is 3. The molecule has 0 aliphatic rings. The van der Waals surface area contributed by atoms with Gasteiger partial charge < -0.3 is 20.1 Å². The lowest BCUT2D eigenvalue weighted by Gasteiger charge is -2.07. The third-order valence-electron chi connectivity index (χ3n) is 4.52. The van der Waals surface area contributed by atoms with Gasteiger partial charge in [-0.2, -0.15) is 0 Å². The predicted octanol–water partition coefficient (Wildman–Crippen LogP) is 5.66. The molecule has 7 nitrogen and oxygen atoms in total. The maximum absolute atomic E-state index is 12.9. The van der Waals surface area contributed by atoms with Crippen LogP contribution in [0, 0.1) is 6.92 Å². The fraction of sp³-hybridized carbons (Fsp3) is 0.136. The summed E-state index contributed by atoms with van der Waals surface area (Å²) in [6, 6.07) is 11.3. The molecule has 166 valence electrons. The number of rotatable bonds is 6. The van der Waals surface area contributed by atoms with E-state index in [9.17, 15) is 14.4 Å². The van der Waals surface area contributed by atoms with Crippen molar-refractivity contribution < 1.29 is 23.9 Å². The zero-order valence-electron chi connectivity index (χ0n) is 17.2. The first-order valence-electron chi connectivity index (χ1n) is 9.19. The van der Waals surface area contributed by atoms with Crippen LogP contribution >= 0.6 is 34.5 Å². The van der Waals surface area contributed by atoms with Crippen LogP contribution in [0.3, 0.4) is 0 Å². The second-order valence-corrected chi connectivity index (χ2v) is 8.30. The first kappa shape index (κ1) is 23.6. The molecule has 0 aliphatic carbocycles. The molecule has 0 saturated heterocycles. The van der Waals surface area contributed by atoms with Crippen LogP contribution in [-0.2, 0) is 4.74 Å². The summed E-state index contributed by atoms with van der Waals surface area (Å²) in [6.07, 6.45) is 0. The zero-order chi connectivity index (χ0) is 23.4. The van der Waals surface area contributed by atoms with E-state index in [2.05, 4.69) is 10.6 Å². The van der Waals surface area contributed by atoms with E-state index in [1.807, 2.05) is 0 Å². The molecule has 32 heavy (non-hydrogen) atoms. The van der Waals surface area contributed by atoms with Crippen LogP contribution in [0.5, 0.6) is 5.75 Å². The number of ether oxygens (including phenoxy) is 2. The number of carbonyl (C=O) groups is 3. The zero-order valence-corrected chi connectivity index (χ0v) is 19.6. The SMILES string of the molecule is COC(=O)c1c(NC(=O)c2ccc(OC)cc2)sc(C(=O)Nc2cccc(Cl)c2Cl)c1C. The molecule has 0 fully saturated rings. The molecule has 2 N–H and O–H groups in total. The standard InChI is InChI=1S/C22H18Cl2N2O5S/c1-11-16(22(29)31-3)21(26-19(27)12-7-9-13(30-2)10-8-12)32-18(11)20(28)25-15-6-4-5-14(23)17(15)24/h4-10H,1-3H3,(H,25,28)(H,26,27). The molecule has 0 spiro atoms. The van der Waals surface area contributed by atoms with Crippen molar-refractivity contribution in [1.29, 1.82) is 0 Å². The molecule has 0 atom stereocenters. The third kappa shape index (κ3) is 4.88. The van der Waals surface area contributed by atoms with Gasteiger partial charge in [-0.05, 0) is 48.9 Å². The van der Waals surface area contributed by atoms with Crippen molar-refractivity contribution in [2.24, 2.45) is 0 Å². The molecule has 10 heteroatoms. The van der Waals surface area contributed by atoms with Gasteiger partial charge in [-0.25, -0.2) is 4.79 Å². The first-order valence-corrected chi connectivity index (χ1v) is 10.8. The van der Waals surface area contributed by atoms with E-state index in [0.29, 0.717) is 22.6 Å². The molecule has 0 saturated carbocycles. The average molecular weight is 493 g/mol. The monoisotopic (exact) mass is 492 g/mol. The fourth-order valence-electron chi connectivity index (χ4n) is 2.86. The van der Waals surface area contributed by atoms with Gasteiger partial charge in [-0.3, -0.25) is 9.59 Å². The van der Waals surface area contributed by atoms with E-state index in [1.54, 1.807) is 49.4 Å². The van der Waals surface area contributed by atoms with Crippen molar-refractivity contribution in [2.75, 3.05) is 24.9 Å². The summed E-state index contributed by atoms with van der Waals surface area (Å²) in [5.74, 6) is -1.04. The van der Waals surface area contributed by atoms with Gasteiger partial charge in [0.15, 0.2) is 0 Å². The number of benzene rings is 2. The molecular weight excluding hydrogens is 475 g/mol. The summed E-state index contributed by atoms with van der Waals surface area (Å²) in [6.45, 7) is 1.60. The lowest BCUT2D eigenvalue weighted by molar-refractivity contribution is 0.0601. The maximum atomic E-state index is 12.9. The van der Waals surface area contributed by atoms with Gasteiger partial charge in [0, 0.05) is 5.56 Å². The predicted molar refractivity (Wildman–Crippen MR) is 126 cm³/mol. The minimum absolute atomic E-state index is 0.0988. The van der Waals surface area contributed by atoms with E-state index < -0.39 is 17.8 Å². The summed E-state index contributed by atoms with van der Waals surface area (Å²) in [4.78, 5) is 38.2. The Morgan fingerprint density at radius 2 is 1.62 bits per heavy atom. The maximum Gasteiger partial charge on any atom is 0.341 e. The number of amides is 2. The van der Waals surface area contributed by atoms with Crippen molar-refractivity contribution in [3.05, 3.63) is 74.1 Å². The van der Waals surface area contributed by atoms with Gasteiger partial charge in [0.25, 0.3) is 11.8 Å². The fourth-order valence-corrected chi connectivity index (χ4v) is 4.30. The van der Waals surface area contributed by atoms with E-state index in [0.717, 1.165) is 11.3 Å². The normalized spacial score (nSPS) is 10.4. The molecule has 0 unspecified atom stereocenters. The van der Waals surface area contributed by atoms with E-state index in [4.69, 9.17) is 32.7 Å². The van der Waals surface area contributed by atoms with Gasteiger partial charge in [0.1, 0.15) is 10.8 Å². The average Bonchev–Trinajstić information content (AvgIpc) is 3.12. The summed E-state index contributed by atoms with van der Waals surface area (Å²) in [7, 11) is 2.75. The molecular formula is C22H18Cl2N2O5S. The number of hydrogen-bond donors (Lipinski definition) is 2. The first-order chi connectivity index (χ1) is 15.3. The second kappa shape index (κ2) is 10.0. The van der Waals surface area contributed by atoms with Gasteiger partial charge in [0.2, 0.25) is 0 Å². The Morgan fingerprint density at radius 3 is 2.25 bits per heavy atom. The van der Waals surface area contributed by atoms with Crippen molar-refractivity contribution in [3.63, 3.8) is 0 Å². The van der Waals surface area contributed by atoms with Crippen LogP contribution in [0.2, 0.25) is 10.0 Å². The topological polar surface area (TPSA) is 93.7 Å². The molecule has 2 aromatic carbocycles. The lowest BCUT2D eigenvalue weighted by Crippen LogP contribution is -2.14. The quantitative estimate of drug-likeness (QED) is 0.432. The summed E-state index contributed by atoms with van der Waals surface area (Å²) < 4.78 is 9.94. The van der Waals surface area contributed by atoms with Gasteiger partial charge in [-0.1, -0.05) is 29.3 Å². The van der Waals surface area contributed by atoms with Crippen molar-refractivity contribution in [3.8, 4) is 5.75 Å². The molecule has 2 amide bonds. The van der Waals surface area contributed by atoms with Gasteiger partial charge >= 0.3 is 5.97 Å². The largest absolute Gasteiger partial charge is 0.497 e. The Kier molecular flexibility index (Phi) is 7.40. The lowest BCUT2D eigenvalue weighted by atomic mass is 10.1. The van der Waals surface area contributed by atoms with Gasteiger partial charge in [0.05, 0.1) is 40.4 Å². The van der Waals surface area contributed by atoms with Crippen LogP contribution in [-0.4, -0.2) is 32.0 Å². The van der Waals surface area contributed by atoms with Crippen LogP contribution < -0.4 is 15.4 Å². The summed E-state index contributed by atoms with van der Waals surface area (Å²) in [5.41, 5.74) is 1.13. The summed E-state index contributed by atoms with van der Waals surface area (Å²) in [5, 5.41) is 6.04. The summed E-state index contributed by atoms with van der Waals surface area (Å²) >= 11 is 13.1. The third-order valence-corrected chi connectivity index (χ3v) is 6.55. The van der Waals surface area contributed by atoms with Crippen molar-refractivity contribution in [2.45, 2.75) is 6.92 Å². The highest BCUT2D eigenvalue weighted by molar-refractivity contribution is 7.19. The Hall–Kier alpha value is -3.07. The Morgan fingerprint density at radius 1 is 0.938 bits per heavy atom. The van der Waals surface area contributed by atoms with Crippen LogP contribution in [0.4, 0.5) is 10.7 Å². The Labute approximate surface area is 198 Å². The van der Waals surface area contributed by atoms with Crippen molar-refractivity contribution >= 4 is 63.0 Å². The highest BCUT2D eigenvalue weighted by Crippen LogP contribution is 2.36. The number of hydrogen-bond acceptors (Lipinski definition) is 6. The number of halogens is 2. The van der Waals surface area contributed by atoms with Crippen LogP contribution in [0.15, 0.2) is 42.5 Å². The van der Waals surface area contributed by atoms with Crippen LogP contribution in [0.25, 0.3) is 0 Å². The van der Waals surface area contributed by atoms with E-state index in [-0.39, 0.29) is 25.5 Å². The smallest absolute Gasteiger partial charge is 0.341 e. The number of methoxy groups -OCH3 is 2. The molecule has 3 aromatic rings. The molecule has 1 heterocycles. The Balaban J connectivity index is 1.93. The number of nitrogens with one attached hydrogen (secondary N) is 2. The van der Waals surface area contributed by atoms with E-state index in [1.165, 1.54) is 14.2 Å². The minimum Gasteiger partial charge on any atom is -0.497 e. The van der Waals surface area contributed by atoms with Crippen LogP contribution in [0.1, 0.15) is 36.0 Å². The molecule has 0 aliphatic heterocycles. The number of anilines is 2. The highest BCUT2D eigenvalue weighted by atomic mass is 35.5. The Bertz CT molecular complexity index is 1190. The minimum atomic E-state index is -0.677. The van der Waals surface area contributed by atoms with Crippen molar-refractivity contribution in [1.82, 2.24) is 0 Å². The molecule has 1 aromatic heterocycles. The molecule has 0 bridgehead atoms. The highest BCUT2D eigenvalue weighted by Gasteiger charge is 2.27. The molecule has 3 rings (SSSR count). The molecule has 0 radical (unpaired) electrons. The number of esters is 1.